The molecule has 20 heavy (non-hydrogen) atoms. The Labute approximate surface area is 123 Å². The molecule has 2 fully saturated rings. The van der Waals surface area contributed by atoms with E-state index in [0.717, 1.165) is 18.0 Å². The molecule has 2 saturated heterocycles. The van der Waals surface area contributed by atoms with E-state index in [2.05, 4.69) is 10.3 Å². The van der Waals surface area contributed by atoms with Crippen molar-refractivity contribution in [1.82, 2.24) is 5.32 Å². The van der Waals surface area contributed by atoms with Crippen LogP contribution in [0.2, 0.25) is 0 Å². The molecule has 6 unspecified atom stereocenters. The molecule has 6 atom stereocenters. The molecule has 2 aliphatic rings. The maximum atomic E-state index is 10.2. The zero-order chi connectivity index (χ0) is 14.7. The number of aliphatic hydroxyl groups excluding tert-OH is 3. The van der Waals surface area contributed by atoms with Gasteiger partial charge in [0.1, 0.15) is 23.7 Å². The molecule has 7 heteroatoms. The molecule has 0 saturated carbocycles. The van der Waals surface area contributed by atoms with Crippen LogP contribution < -0.4 is 5.32 Å². The van der Waals surface area contributed by atoms with Gasteiger partial charge in [-0.2, -0.15) is 0 Å². The second-order valence-electron chi connectivity index (χ2n) is 5.23. The third-order valence-electron chi connectivity index (χ3n) is 3.69. The molecule has 116 valence electrons. The zero-order valence-corrected chi connectivity index (χ0v) is 12.7. The number of aliphatic imine (C=N–C) groups is 1. The summed E-state index contributed by atoms with van der Waals surface area (Å²) >= 11 is 1.40. The summed E-state index contributed by atoms with van der Waals surface area (Å²) in [5.41, 5.74) is -0.319. The molecule has 0 aromatic rings. The Balaban J connectivity index is 2.03. The highest BCUT2D eigenvalue weighted by Gasteiger charge is 2.50. The second-order valence-corrected chi connectivity index (χ2v) is 6.31. The van der Waals surface area contributed by atoms with E-state index in [1.165, 1.54) is 11.8 Å². The van der Waals surface area contributed by atoms with Crippen molar-refractivity contribution >= 4 is 16.9 Å². The molecule has 2 rings (SSSR count). The van der Waals surface area contributed by atoms with Crippen molar-refractivity contribution in [2.45, 2.75) is 69.0 Å². The van der Waals surface area contributed by atoms with E-state index in [-0.39, 0.29) is 11.5 Å². The van der Waals surface area contributed by atoms with E-state index < -0.39 is 24.4 Å². The number of ether oxygens (including phenoxy) is 1. The van der Waals surface area contributed by atoms with Crippen LogP contribution in [0, 0.1) is 0 Å². The van der Waals surface area contributed by atoms with Crippen molar-refractivity contribution in [3.8, 4) is 0 Å². The topological polar surface area (TPSA) is 94.3 Å². The van der Waals surface area contributed by atoms with Gasteiger partial charge < -0.3 is 25.4 Å². The van der Waals surface area contributed by atoms with E-state index in [1.54, 1.807) is 0 Å². The lowest BCUT2D eigenvalue weighted by Crippen LogP contribution is -2.61. The molecule has 2 aliphatic heterocycles. The number of amidine groups is 1. The lowest BCUT2D eigenvalue weighted by molar-refractivity contribution is -0.188. The van der Waals surface area contributed by atoms with Gasteiger partial charge in [0.15, 0.2) is 5.17 Å². The van der Waals surface area contributed by atoms with Gasteiger partial charge >= 0.3 is 0 Å². The number of aliphatic hydroxyl groups is 3. The average Bonchev–Trinajstić information content (AvgIpc) is 2.83. The first-order valence-electron chi connectivity index (χ1n) is 7.25. The van der Waals surface area contributed by atoms with Crippen LogP contribution in [-0.2, 0) is 4.74 Å². The Morgan fingerprint density at radius 3 is 2.75 bits per heavy atom. The van der Waals surface area contributed by atoms with E-state index in [0.29, 0.717) is 13.0 Å². The van der Waals surface area contributed by atoms with E-state index in [4.69, 9.17) is 4.74 Å². The number of rotatable bonds is 5. The number of hydrogen-bond donors (Lipinski definition) is 4. The molecule has 0 aliphatic carbocycles. The number of thioether (sulfide) groups is 1. The zero-order valence-electron chi connectivity index (χ0n) is 11.9. The second kappa shape index (κ2) is 7.09. The molecular formula is C13H24N2O4S. The fraction of sp³-hybridized carbons (Fsp3) is 0.923. The van der Waals surface area contributed by atoms with Gasteiger partial charge in [0.2, 0.25) is 0 Å². The normalized spacial score (nSPS) is 40.5. The summed E-state index contributed by atoms with van der Waals surface area (Å²) in [4.78, 5) is 4.26. The number of hydrogen-bond acceptors (Lipinski definition) is 6. The first kappa shape index (κ1) is 16.0. The summed E-state index contributed by atoms with van der Waals surface area (Å²) in [6.07, 6.45) is -1.15. The number of nitrogens with zero attached hydrogens (tertiary/aromatic N) is 1. The number of nitrogens with one attached hydrogen (secondary N) is 1. The highest BCUT2D eigenvalue weighted by Crippen LogP contribution is 2.35. The van der Waals surface area contributed by atoms with Crippen LogP contribution in [0.15, 0.2) is 4.99 Å². The molecule has 0 aromatic heterocycles. The van der Waals surface area contributed by atoms with Crippen molar-refractivity contribution in [3.05, 3.63) is 0 Å². The van der Waals surface area contributed by atoms with Crippen molar-refractivity contribution in [1.29, 1.82) is 0 Å². The maximum Gasteiger partial charge on any atom is 0.159 e. The molecule has 0 bridgehead atoms. The van der Waals surface area contributed by atoms with Crippen molar-refractivity contribution in [3.63, 3.8) is 0 Å². The van der Waals surface area contributed by atoms with Crippen LogP contribution >= 0.6 is 11.8 Å². The fourth-order valence-electron chi connectivity index (χ4n) is 2.55. The minimum atomic E-state index is -1.09. The predicted molar refractivity (Wildman–Crippen MR) is 78.7 cm³/mol. The molecule has 0 radical (unpaired) electrons. The molecule has 0 spiro atoms. The van der Waals surface area contributed by atoms with Gasteiger partial charge in [-0.15, -0.1) is 0 Å². The van der Waals surface area contributed by atoms with Crippen molar-refractivity contribution in [2.24, 2.45) is 4.99 Å². The smallest absolute Gasteiger partial charge is 0.159 e. The lowest BCUT2D eigenvalue weighted by Gasteiger charge is -2.40. The SMILES string of the molecule is CCCCC(O)C1OC2SC(=NCC)NC2C(O)C1O. The van der Waals surface area contributed by atoms with E-state index >= 15 is 0 Å². The molecular weight excluding hydrogens is 280 g/mol. The third kappa shape index (κ3) is 3.28. The maximum absolute atomic E-state index is 10.2. The van der Waals surface area contributed by atoms with Gasteiger partial charge in [-0.1, -0.05) is 31.5 Å². The van der Waals surface area contributed by atoms with Crippen molar-refractivity contribution in [2.75, 3.05) is 6.54 Å². The van der Waals surface area contributed by atoms with Crippen LogP contribution in [-0.4, -0.2) is 62.9 Å². The Hall–Kier alpha value is -0.340. The quantitative estimate of drug-likeness (QED) is 0.574. The highest BCUT2D eigenvalue weighted by molar-refractivity contribution is 8.14. The van der Waals surface area contributed by atoms with Crippen LogP contribution in [0.4, 0.5) is 0 Å². The van der Waals surface area contributed by atoms with Crippen LogP contribution in [0.5, 0.6) is 0 Å². The van der Waals surface area contributed by atoms with Crippen LogP contribution in [0.1, 0.15) is 33.1 Å². The largest absolute Gasteiger partial charge is 0.390 e. The number of unbranched alkanes of at least 4 members (excludes halogenated alkanes) is 1. The first-order valence-corrected chi connectivity index (χ1v) is 8.13. The minimum Gasteiger partial charge on any atom is -0.390 e. The van der Waals surface area contributed by atoms with Gasteiger partial charge in [-0.25, -0.2) is 0 Å². The van der Waals surface area contributed by atoms with Crippen molar-refractivity contribution < 1.29 is 20.1 Å². The fourth-order valence-corrected chi connectivity index (χ4v) is 3.74. The van der Waals surface area contributed by atoms with Crippen LogP contribution in [0.3, 0.4) is 0 Å². The van der Waals surface area contributed by atoms with Gasteiger partial charge in [0, 0.05) is 6.54 Å². The summed E-state index contributed by atoms with van der Waals surface area (Å²) in [7, 11) is 0. The molecule has 6 nitrogen and oxygen atoms in total. The third-order valence-corrected chi connectivity index (χ3v) is 4.80. The summed E-state index contributed by atoms with van der Waals surface area (Å²) < 4.78 is 5.79. The lowest BCUT2D eigenvalue weighted by atomic mass is 9.92. The van der Waals surface area contributed by atoms with Gasteiger partial charge in [-0.05, 0) is 13.3 Å². The summed E-state index contributed by atoms with van der Waals surface area (Å²) in [5, 5.41) is 34.3. The Bertz CT molecular complexity index is 355. The van der Waals surface area contributed by atoms with E-state index in [9.17, 15) is 15.3 Å². The van der Waals surface area contributed by atoms with E-state index in [1.807, 2.05) is 13.8 Å². The standard InChI is InChI=1S/C13H24N2O4S/c1-3-5-6-7(16)11-10(18)9(17)8-12(19-11)20-13(15-8)14-4-2/h7-12,16-18H,3-6H2,1-2H3,(H,14,15). The predicted octanol–water partition coefficient (Wildman–Crippen LogP) is 0.0651. The molecule has 0 aromatic carbocycles. The monoisotopic (exact) mass is 304 g/mol. The van der Waals surface area contributed by atoms with Crippen LogP contribution in [0.25, 0.3) is 0 Å². The van der Waals surface area contributed by atoms with Gasteiger partial charge in [0.25, 0.3) is 0 Å². The number of fused-ring (bicyclic) bond motifs is 1. The molecule has 4 N–H and O–H groups in total. The minimum absolute atomic E-state index is 0.319. The van der Waals surface area contributed by atoms with Gasteiger partial charge in [0.05, 0.1) is 12.1 Å². The summed E-state index contributed by atoms with van der Waals surface area (Å²) in [6.45, 7) is 4.62. The average molecular weight is 304 g/mol. The molecule has 2 heterocycles. The Morgan fingerprint density at radius 1 is 1.35 bits per heavy atom. The first-order chi connectivity index (χ1) is 9.58. The summed E-state index contributed by atoms with van der Waals surface area (Å²) in [5.74, 6) is 0. The molecule has 0 amide bonds. The Kier molecular flexibility index (Phi) is 5.68. The Morgan fingerprint density at radius 2 is 2.10 bits per heavy atom. The van der Waals surface area contributed by atoms with Gasteiger partial charge in [-0.3, -0.25) is 4.99 Å². The summed E-state index contributed by atoms with van der Waals surface area (Å²) in [6, 6.07) is -0.380. The highest BCUT2D eigenvalue weighted by atomic mass is 32.2.